The van der Waals surface area contributed by atoms with Gasteiger partial charge in [0.1, 0.15) is 11.5 Å². The molecule has 0 radical (unpaired) electrons. The zero-order chi connectivity index (χ0) is 20.8. The average Bonchev–Trinajstić information content (AvgIpc) is 3.13. The second kappa shape index (κ2) is 9.96. The second-order valence-electron chi connectivity index (χ2n) is 7.91. The molecule has 3 rings (SSSR count). The number of anilines is 1. The predicted octanol–water partition coefficient (Wildman–Crippen LogP) is 2.77. The number of rotatable bonds is 8. The van der Waals surface area contributed by atoms with Crippen LogP contribution in [0.4, 0.5) is 5.69 Å². The molecule has 1 saturated carbocycles. The molecule has 160 valence electrons. The molecule has 29 heavy (non-hydrogen) atoms. The number of hydrogen-bond acceptors (Lipinski definition) is 5. The number of nitrogens with one attached hydrogen (secondary N) is 1. The summed E-state index contributed by atoms with van der Waals surface area (Å²) in [7, 11) is 3.13. The first-order valence-corrected chi connectivity index (χ1v) is 10.4. The van der Waals surface area contributed by atoms with Gasteiger partial charge in [0.15, 0.2) is 0 Å². The van der Waals surface area contributed by atoms with E-state index in [2.05, 4.69) is 12.2 Å². The summed E-state index contributed by atoms with van der Waals surface area (Å²) in [5, 5.41) is 2.92. The summed E-state index contributed by atoms with van der Waals surface area (Å²) < 4.78 is 16.6. The minimum atomic E-state index is -0.382. The third-order valence-corrected chi connectivity index (χ3v) is 5.94. The lowest BCUT2D eigenvalue weighted by molar-refractivity contribution is -0.126. The van der Waals surface area contributed by atoms with E-state index in [1.165, 1.54) is 19.3 Å². The van der Waals surface area contributed by atoms with Gasteiger partial charge in [0.05, 0.1) is 38.5 Å². The van der Waals surface area contributed by atoms with Gasteiger partial charge in [-0.25, -0.2) is 0 Å². The van der Waals surface area contributed by atoms with Gasteiger partial charge in [0, 0.05) is 25.6 Å². The molecule has 3 unspecified atom stereocenters. The quantitative estimate of drug-likeness (QED) is 0.674. The molecule has 2 amide bonds. The number of methoxy groups -OCH3 is 2. The fraction of sp³-hybridized carbons (Fsp3) is 0.636. The fourth-order valence-electron chi connectivity index (χ4n) is 4.18. The highest BCUT2D eigenvalue weighted by molar-refractivity contribution is 6.01. The molecule has 7 nitrogen and oxygen atoms in total. The molecule has 2 aliphatic rings. The van der Waals surface area contributed by atoms with Crippen LogP contribution in [0.3, 0.4) is 0 Å². The topological polar surface area (TPSA) is 77.1 Å². The Morgan fingerprint density at radius 2 is 2.00 bits per heavy atom. The maximum Gasteiger partial charge on any atom is 0.227 e. The molecule has 1 saturated heterocycles. The van der Waals surface area contributed by atoms with Crippen LogP contribution in [0.25, 0.3) is 0 Å². The van der Waals surface area contributed by atoms with Crippen LogP contribution in [0.1, 0.15) is 39.0 Å². The Kier molecular flexibility index (Phi) is 7.36. The molecule has 1 N–H and O–H groups in total. The lowest BCUT2D eigenvalue weighted by atomic mass is 9.88. The van der Waals surface area contributed by atoms with Crippen LogP contribution in [0, 0.1) is 11.8 Å². The van der Waals surface area contributed by atoms with Crippen LogP contribution in [0.15, 0.2) is 18.2 Å². The maximum atomic E-state index is 12.6. The van der Waals surface area contributed by atoms with Crippen molar-refractivity contribution in [3.63, 3.8) is 0 Å². The predicted molar refractivity (Wildman–Crippen MR) is 110 cm³/mol. The van der Waals surface area contributed by atoms with Crippen molar-refractivity contribution in [1.29, 1.82) is 0 Å². The van der Waals surface area contributed by atoms with Gasteiger partial charge in [0.2, 0.25) is 11.8 Å². The van der Waals surface area contributed by atoms with E-state index >= 15 is 0 Å². The van der Waals surface area contributed by atoms with Crippen molar-refractivity contribution in [1.82, 2.24) is 5.32 Å². The third kappa shape index (κ3) is 5.21. The van der Waals surface area contributed by atoms with Crippen molar-refractivity contribution in [3.05, 3.63) is 18.2 Å². The van der Waals surface area contributed by atoms with Crippen molar-refractivity contribution in [2.75, 3.05) is 38.8 Å². The van der Waals surface area contributed by atoms with Gasteiger partial charge in [-0.3, -0.25) is 9.59 Å². The van der Waals surface area contributed by atoms with E-state index in [1.807, 2.05) is 0 Å². The minimum Gasteiger partial charge on any atom is -0.497 e. The summed E-state index contributed by atoms with van der Waals surface area (Å²) in [5.41, 5.74) is 0.627. The average molecular weight is 405 g/mol. The highest BCUT2D eigenvalue weighted by atomic mass is 16.5. The summed E-state index contributed by atoms with van der Waals surface area (Å²) in [4.78, 5) is 26.7. The number of nitrogens with zero attached hydrogens (tertiary/aromatic N) is 1. The number of benzene rings is 1. The van der Waals surface area contributed by atoms with Gasteiger partial charge in [-0.1, -0.05) is 19.8 Å². The van der Waals surface area contributed by atoms with Crippen LogP contribution in [-0.2, 0) is 14.3 Å². The van der Waals surface area contributed by atoms with Crippen molar-refractivity contribution in [2.24, 2.45) is 11.8 Å². The van der Waals surface area contributed by atoms with Gasteiger partial charge in [-0.05, 0) is 30.9 Å². The van der Waals surface area contributed by atoms with E-state index in [-0.39, 0.29) is 24.2 Å². The van der Waals surface area contributed by atoms with Gasteiger partial charge in [-0.2, -0.15) is 0 Å². The smallest absolute Gasteiger partial charge is 0.227 e. The number of ether oxygens (including phenoxy) is 3. The zero-order valence-corrected chi connectivity index (χ0v) is 17.6. The first-order valence-electron chi connectivity index (χ1n) is 10.4. The van der Waals surface area contributed by atoms with Gasteiger partial charge >= 0.3 is 0 Å². The Morgan fingerprint density at radius 1 is 1.21 bits per heavy atom. The Hall–Kier alpha value is -2.28. The molecule has 1 heterocycles. The van der Waals surface area contributed by atoms with Crippen molar-refractivity contribution in [3.8, 4) is 11.5 Å². The molecule has 3 atom stereocenters. The number of carbonyl (C=O) groups excluding carboxylic acids is 2. The van der Waals surface area contributed by atoms with Crippen LogP contribution >= 0.6 is 0 Å². The first-order chi connectivity index (χ1) is 14.0. The number of amides is 2. The molecule has 1 aliphatic carbocycles. The number of hydrogen-bond donors (Lipinski definition) is 1. The van der Waals surface area contributed by atoms with E-state index in [1.54, 1.807) is 37.3 Å². The van der Waals surface area contributed by atoms with Crippen LogP contribution < -0.4 is 19.7 Å². The lowest BCUT2D eigenvalue weighted by Gasteiger charge is -2.28. The van der Waals surface area contributed by atoms with E-state index in [9.17, 15) is 9.59 Å². The van der Waals surface area contributed by atoms with E-state index in [0.29, 0.717) is 48.9 Å². The molecular weight excluding hydrogens is 372 g/mol. The molecule has 1 aliphatic heterocycles. The van der Waals surface area contributed by atoms with Gasteiger partial charge in [-0.15, -0.1) is 0 Å². The molecule has 0 aromatic heterocycles. The van der Waals surface area contributed by atoms with Crippen LogP contribution in [0.5, 0.6) is 11.5 Å². The van der Waals surface area contributed by atoms with Crippen molar-refractivity contribution in [2.45, 2.75) is 45.1 Å². The van der Waals surface area contributed by atoms with Gasteiger partial charge in [0.25, 0.3) is 0 Å². The van der Waals surface area contributed by atoms with E-state index < -0.39 is 0 Å². The molecule has 7 heteroatoms. The monoisotopic (exact) mass is 404 g/mol. The van der Waals surface area contributed by atoms with Crippen molar-refractivity contribution >= 4 is 17.5 Å². The Morgan fingerprint density at radius 3 is 2.72 bits per heavy atom. The molecule has 1 aromatic carbocycles. The molecule has 0 bridgehead atoms. The van der Waals surface area contributed by atoms with Crippen LogP contribution in [0.2, 0.25) is 0 Å². The minimum absolute atomic E-state index is 0.0935. The van der Waals surface area contributed by atoms with Crippen molar-refractivity contribution < 1.29 is 23.8 Å². The van der Waals surface area contributed by atoms with Crippen LogP contribution in [-0.4, -0.2) is 51.8 Å². The molecule has 0 spiro atoms. The first kappa shape index (κ1) is 21.4. The highest BCUT2D eigenvalue weighted by Gasteiger charge is 2.36. The third-order valence-electron chi connectivity index (χ3n) is 5.94. The second-order valence-corrected chi connectivity index (χ2v) is 7.91. The summed E-state index contributed by atoms with van der Waals surface area (Å²) in [6.07, 6.45) is 5.29. The summed E-state index contributed by atoms with van der Waals surface area (Å²) >= 11 is 0. The largest absolute Gasteiger partial charge is 0.497 e. The standard InChI is InChI=1S/C22H32N2O5/c1-15-6-4-5-7-19(15)29-11-10-23-22(26)16-12-21(25)24(14-16)18-13-17(27-2)8-9-20(18)28-3/h8-9,13,15-16,19H,4-7,10-12,14H2,1-3H3,(H,23,26). The molecule has 1 aromatic rings. The lowest BCUT2D eigenvalue weighted by Crippen LogP contribution is -2.36. The Bertz CT molecular complexity index is 723. The van der Waals surface area contributed by atoms with E-state index in [4.69, 9.17) is 14.2 Å². The normalized spacial score (nSPS) is 24.4. The zero-order valence-electron chi connectivity index (χ0n) is 17.6. The summed E-state index contributed by atoms with van der Waals surface area (Å²) in [6.45, 7) is 3.53. The number of carbonyl (C=O) groups is 2. The fourth-order valence-corrected chi connectivity index (χ4v) is 4.18. The van der Waals surface area contributed by atoms with Gasteiger partial charge < -0.3 is 24.4 Å². The summed E-state index contributed by atoms with van der Waals surface area (Å²) in [5.74, 6) is 1.21. The molecular formula is C22H32N2O5. The SMILES string of the molecule is COc1ccc(OC)c(N2CC(C(=O)NCCOC3CCCCC3C)CC2=O)c1. The maximum absolute atomic E-state index is 12.6. The van der Waals surface area contributed by atoms with E-state index in [0.717, 1.165) is 6.42 Å². The molecule has 2 fully saturated rings. The Labute approximate surface area is 172 Å². The summed E-state index contributed by atoms with van der Waals surface area (Å²) in [6, 6.07) is 5.30. The highest BCUT2D eigenvalue weighted by Crippen LogP contribution is 2.36. The Balaban J connectivity index is 1.51.